The molecule has 3 N–H and O–H groups in total. The average molecular weight is 262 g/mol. The number of furan rings is 1. The lowest BCUT2D eigenvalue weighted by molar-refractivity contribution is 0.0697. The molecule has 100 valence electrons. The largest absolute Gasteiger partial charge is 0.478 e. The number of aromatic amines is 1. The van der Waals surface area contributed by atoms with Crippen LogP contribution in [0.5, 0.6) is 0 Å². The van der Waals surface area contributed by atoms with Crippen molar-refractivity contribution in [3.8, 4) is 0 Å². The third-order valence-electron chi connectivity index (χ3n) is 2.77. The van der Waals surface area contributed by atoms with Gasteiger partial charge in [-0.25, -0.2) is 4.79 Å². The Balaban J connectivity index is 2.21. The minimum Gasteiger partial charge on any atom is -0.478 e. The van der Waals surface area contributed by atoms with E-state index in [2.05, 4.69) is 10.3 Å². The normalized spacial score (nSPS) is 10.4. The van der Waals surface area contributed by atoms with E-state index < -0.39 is 11.9 Å². The van der Waals surface area contributed by atoms with Gasteiger partial charge in [-0.3, -0.25) is 4.79 Å². The minimum absolute atomic E-state index is 0.0515. The number of carboxylic acids is 1. The number of hydrogen-bond acceptors (Lipinski definition) is 3. The maximum atomic E-state index is 11.9. The third kappa shape index (κ3) is 2.52. The van der Waals surface area contributed by atoms with Crippen LogP contribution < -0.4 is 5.32 Å². The fourth-order valence-corrected chi connectivity index (χ4v) is 1.77. The Morgan fingerprint density at radius 1 is 1.42 bits per heavy atom. The highest BCUT2D eigenvalue weighted by Gasteiger charge is 2.19. The molecule has 0 spiro atoms. The van der Waals surface area contributed by atoms with Gasteiger partial charge in [-0.2, -0.15) is 0 Å². The van der Waals surface area contributed by atoms with Crippen molar-refractivity contribution in [3.05, 3.63) is 41.1 Å². The van der Waals surface area contributed by atoms with Gasteiger partial charge in [0.1, 0.15) is 11.3 Å². The number of rotatable bonds is 4. The number of carboxylic acid groups (broad SMARTS) is 1. The third-order valence-corrected chi connectivity index (χ3v) is 2.77. The van der Waals surface area contributed by atoms with Crippen molar-refractivity contribution in [2.24, 2.45) is 0 Å². The highest BCUT2D eigenvalue weighted by Crippen LogP contribution is 2.20. The molecule has 0 aliphatic heterocycles. The Kier molecular flexibility index (Phi) is 3.41. The summed E-state index contributed by atoms with van der Waals surface area (Å²) in [7, 11) is 0. The Hall–Kier alpha value is -2.50. The Morgan fingerprint density at radius 2 is 2.16 bits per heavy atom. The zero-order chi connectivity index (χ0) is 14.0. The molecule has 2 aromatic rings. The highest BCUT2D eigenvalue weighted by molar-refractivity contribution is 6.06. The number of aryl methyl sites for hydroxylation is 2. The van der Waals surface area contributed by atoms with Crippen LogP contribution in [0.25, 0.3) is 0 Å². The van der Waals surface area contributed by atoms with Crippen LogP contribution in [0, 0.1) is 6.92 Å². The number of carbonyl (C=O) groups excluding carboxylic acids is 1. The van der Waals surface area contributed by atoms with Crippen LogP contribution in [0.15, 0.2) is 22.7 Å². The van der Waals surface area contributed by atoms with Crippen molar-refractivity contribution in [1.29, 1.82) is 0 Å². The SMILES string of the molecule is CCc1ccc(C(=O)Nc2c[nH]c(C)c2C(=O)O)o1. The van der Waals surface area contributed by atoms with Crippen LogP contribution in [0.1, 0.15) is 39.3 Å². The number of amides is 1. The first-order valence-corrected chi connectivity index (χ1v) is 5.84. The molecule has 6 heteroatoms. The van der Waals surface area contributed by atoms with Gasteiger partial charge in [0, 0.05) is 18.3 Å². The molecular weight excluding hydrogens is 248 g/mol. The monoisotopic (exact) mass is 262 g/mol. The van der Waals surface area contributed by atoms with E-state index in [-0.39, 0.29) is 17.0 Å². The molecule has 6 nitrogen and oxygen atoms in total. The fourth-order valence-electron chi connectivity index (χ4n) is 1.77. The molecule has 0 atom stereocenters. The lowest BCUT2D eigenvalue weighted by Gasteiger charge is -2.02. The van der Waals surface area contributed by atoms with Crippen LogP contribution >= 0.6 is 0 Å². The van der Waals surface area contributed by atoms with Crippen molar-refractivity contribution in [1.82, 2.24) is 4.98 Å². The van der Waals surface area contributed by atoms with Crippen LogP contribution in [0.2, 0.25) is 0 Å². The van der Waals surface area contributed by atoms with Gasteiger partial charge < -0.3 is 19.8 Å². The van der Waals surface area contributed by atoms with Gasteiger partial charge in [-0.05, 0) is 19.1 Å². The summed E-state index contributed by atoms with van der Waals surface area (Å²) in [6, 6.07) is 3.28. The van der Waals surface area contributed by atoms with Crippen LogP contribution in [0.4, 0.5) is 5.69 Å². The number of hydrogen-bond donors (Lipinski definition) is 3. The van der Waals surface area contributed by atoms with Crippen molar-refractivity contribution in [2.45, 2.75) is 20.3 Å². The number of carbonyl (C=O) groups is 2. The van der Waals surface area contributed by atoms with Gasteiger partial charge in [0.15, 0.2) is 5.76 Å². The molecular formula is C13H14N2O4. The molecule has 2 heterocycles. The number of nitrogens with one attached hydrogen (secondary N) is 2. The molecule has 19 heavy (non-hydrogen) atoms. The summed E-state index contributed by atoms with van der Waals surface area (Å²) in [4.78, 5) is 25.8. The van der Waals surface area contributed by atoms with Crippen LogP contribution in [-0.2, 0) is 6.42 Å². The van der Waals surface area contributed by atoms with Crippen molar-refractivity contribution in [2.75, 3.05) is 5.32 Å². The summed E-state index contributed by atoms with van der Waals surface area (Å²) in [6.07, 6.45) is 2.14. The van der Waals surface area contributed by atoms with Crippen LogP contribution in [-0.4, -0.2) is 22.0 Å². The van der Waals surface area contributed by atoms with E-state index in [1.54, 1.807) is 19.1 Å². The molecule has 0 bridgehead atoms. The van der Waals surface area contributed by atoms with Gasteiger partial charge in [-0.1, -0.05) is 6.92 Å². The van der Waals surface area contributed by atoms with Gasteiger partial charge in [0.05, 0.1) is 5.69 Å². The number of H-pyrrole nitrogens is 1. The zero-order valence-corrected chi connectivity index (χ0v) is 10.6. The van der Waals surface area contributed by atoms with Gasteiger partial charge >= 0.3 is 5.97 Å². The summed E-state index contributed by atoms with van der Waals surface area (Å²) in [5, 5.41) is 11.6. The quantitative estimate of drug-likeness (QED) is 0.788. The van der Waals surface area contributed by atoms with Gasteiger partial charge in [0.2, 0.25) is 0 Å². The number of aromatic carboxylic acids is 1. The molecule has 0 radical (unpaired) electrons. The number of aromatic nitrogens is 1. The second-order valence-corrected chi connectivity index (χ2v) is 4.08. The molecule has 0 fully saturated rings. The zero-order valence-electron chi connectivity index (χ0n) is 10.6. The molecule has 2 rings (SSSR count). The first kappa shape index (κ1) is 12.9. The second kappa shape index (κ2) is 5.01. The van der Waals surface area contributed by atoms with E-state index in [1.807, 2.05) is 6.92 Å². The Bertz CT molecular complexity index is 624. The van der Waals surface area contributed by atoms with E-state index in [4.69, 9.17) is 9.52 Å². The van der Waals surface area contributed by atoms with Gasteiger partial charge in [-0.15, -0.1) is 0 Å². The van der Waals surface area contributed by atoms with E-state index in [0.29, 0.717) is 17.9 Å². The Morgan fingerprint density at radius 3 is 2.74 bits per heavy atom. The van der Waals surface area contributed by atoms with Crippen molar-refractivity contribution >= 4 is 17.6 Å². The molecule has 0 saturated carbocycles. The highest BCUT2D eigenvalue weighted by atomic mass is 16.4. The lowest BCUT2D eigenvalue weighted by Crippen LogP contribution is -2.13. The summed E-state index contributed by atoms with van der Waals surface area (Å²) >= 11 is 0. The van der Waals surface area contributed by atoms with E-state index in [9.17, 15) is 9.59 Å². The summed E-state index contributed by atoms with van der Waals surface area (Å²) in [5.41, 5.74) is 0.761. The number of anilines is 1. The minimum atomic E-state index is -1.09. The lowest BCUT2D eigenvalue weighted by atomic mass is 10.2. The molecule has 0 saturated heterocycles. The van der Waals surface area contributed by atoms with Crippen molar-refractivity contribution in [3.63, 3.8) is 0 Å². The smallest absolute Gasteiger partial charge is 0.339 e. The first-order chi connectivity index (χ1) is 9.02. The summed E-state index contributed by atoms with van der Waals surface area (Å²) < 4.78 is 5.30. The van der Waals surface area contributed by atoms with Crippen LogP contribution in [0.3, 0.4) is 0 Å². The standard InChI is InChI=1S/C13H14N2O4/c1-3-8-4-5-10(19-8)12(16)15-9-6-14-7(2)11(9)13(17)18/h4-6,14H,3H2,1-2H3,(H,15,16)(H,17,18). The predicted molar refractivity (Wildman–Crippen MR) is 68.5 cm³/mol. The van der Waals surface area contributed by atoms with E-state index in [0.717, 1.165) is 0 Å². The predicted octanol–water partition coefficient (Wildman–Crippen LogP) is 2.43. The molecule has 0 aromatic carbocycles. The molecule has 0 aliphatic rings. The average Bonchev–Trinajstić information content (AvgIpc) is 2.96. The Labute approximate surface area is 109 Å². The topological polar surface area (TPSA) is 95.3 Å². The maximum Gasteiger partial charge on any atom is 0.339 e. The summed E-state index contributed by atoms with van der Waals surface area (Å²) in [5.74, 6) is -0.704. The molecule has 2 aromatic heterocycles. The van der Waals surface area contributed by atoms with Gasteiger partial charge in [0.25, 0.3) is 5.91 Å². The molecule has 0 aliphatic carbocycles. The fraction of sp³-hybridized carbons (Fsp3) is 0.231. The molecule has 0 unspecified atom stereocenters. The summed E-state index contributed by atoms with van der Waals surface area (Å²) in [6.45, 7) is 3.54. The molecule has 1 amide bonds. The second-order valence-electron chi connectivity index (χ2n) is 4.08. The first-order valence-electron chi connectivity index (χ1n) is 5.84. The van der Waals surface area contributed by atoms with E-state index in [1.165, 1.54) is 6.20 Å². The van der Waals surface area contributed by atoms with Crippen molar-refractivity contribution < 1.29 is 19.1 Å². The maximum absolute atomic E-state index is 11.9. The van der Waals surface area contributed by atoms with E-state index >= 15 is 0 Å².